The van der Waals surface area contributed by atoms with Crippen molar-refractivity contribution in [3.63, 3.8) is 0 Å². The fraction of sp³-hybridized carbons (Fsp3) is 0.500. The Labute approximate surface area is 151 Å². The molecule has 2 fully saturated rings. The SMILES string of the molecule is Cc1ccc(-c2n[nH]c(=S)n2CC(=O)NC[C@H]2C[C@H]3CC[C@H]2O3)cc1. The minimum Gasteiger partial charge on any atom is -0.375 e. The molecule has 7 heteroatoms. The van der Waals surface area contributed by atoms with Crippen LogP contribution in [0.25, 0.3) is 11.4 Å². The summed E-state index contributed by atoms with van der Waals surface area (Å²) in [5.74, 6) is 1.08. The summed E-state index contributed by atoms with van der Waals surface area (Å²) in [6, 6.07) is 8.02. The smallest absolute Gasteiger partial charge is 0.240 e. The van der Waals surface area contributed by atoms with E-state index in [1.54, 1.807) is 4.57 Å². The second-order valence-corrected chi connectivity index (χ2v) is 7.36. The van der Waals surface area contributed by atoms with E-state index in [4.69, 9.17) is 17.0 Å². The summed E-state index contributed by atoms with van der Waals surface area (Å²) in [4.78, 5) is 12.4. The molecule has 6 nitrogen and oxygen atoms in total. The highest BCUT2D eigenvalue weighted by Gasteiger charge is 2.40. The van der Waals surface area contributed by atoms with Gasteiger partial charge in [0.1, 0.15) is 6.54 Å². The van der Waals surface area contributed by atoms with Gasteiger partial charge in [-0.15, -0.1) is 0 Å². The lowest BCUT2D eigenvalue weighted by Gasteiger charge is -2.19. The highest BCUT2D eigenvalue weighted by atomic mass is 32.1. The number of rotatable bonds is 5. The molecule has 1 aromatic heterocycles. The van der Waals surface area contributed by atoms with Crippen molar-refractivity contribution in [2.75, 3.05) is 6.54 Å². The maximum Gasteiger partial charge on any atom is 0.240 e. The van der Waals surface area contributed by atoms with Crippen LogP contribution in [0.4, 0.5) is 0 Å². The minimum atomic E-state index is -0.0476. The first kappa shape index (κ1) is 16.5. The van der Waals surface area contributed by atoms with Crippen LogP contribution < -0.4 is 5.32 Å². The average molecular weight is 358 g/mol. The lowest BCUT2D eigenvalue weighted by Crippen LogP contribution is -2.35. The van der Waals surface area contributed by atoms with Crippen molar-refractivity contribution in [1.82, 2.24) is 20.1 Å². The van der Waals surface area contributed by atoms with Crippen LogP contribution in [0.5, 0.6) is 0 Å². The number of hydrogen-bond donors (Lipinski definition) is 2. The molecule has 2 aliphatic rings. The number of nitrogens with one attached hydrogen (secondary N) is 2. The number of carbonyl (C=O) groups is 1. The Bertz CT molecular complexity index is 826. The topological polar surface area (TPSA) is 71.9 Å². The van der Waals surface area contributed by atoms with E-state index in [1.165, 1.54) is 12.0 Å². The van der Waals surface area contributed by atoms with Gasteiger partial charge in [-0.2, -0.15) is 5.10 Å². The van der Waals surface area contributed by atoms with Gasteiger partial charge in [0, 0.05) is 18.0 Å². The van der Waals surface area contributed by atoms with Gasteiger partial charge in [0.25, 0.3) is 0 Å². The normalized spacial score (nSPS) is 24.6. The fourth-order valence-electron chi connectivity index (χ4n) is 3.79. The largest absolute Gasteiger partial charge is 0.375 e. The van der Waals surface area contributed by atoms with E-state index in [9.17, 15) is 4.79 Å². The molecule has 2 aliphatic heterocycles. The molecule has 1 aromatic carbocycles. The maximum absolute atomic E-state index is 12.4. The molecular weight excluding hydrogens is 336 g/mol. The molecule has 132 valence electrons. The first-order valence-electron chi connectivity index (χ1n) is 8.74. The molecule has 0 unspecified atom stereocenters. The van der Waals surface area contributed by atoms with Crippen LogP contribution in [-0.4, -0.2) is 39.4 Å². The van der Waals surface area contributed by atoms with Gasteiger partial charge in [0.2, 0.25) is 5.91 Å². The standard InChI is InChI=1S/C18H22N4O2S/c1-11-2-4-12(5-3-11)17-20-21-18(25)22(17)10-16(23)19-9-13-8-14-6-7-15(13)24-14/h2-5,13-15H,6-10H2,1H3,(H,19,23)(H,21,25)/t13-,14-,15-/m1/s1. The quantitative estimate of drug-likeness (QED) is 0.806. The zero-order valence-electron chi connectivity index (χ0n) is 14.2. The van der Waals surface area contributed by atoms with Crippen molar-refractivity contribution in [3.05, 3.63) is 34.6 Å². The lowest BCUT2D eigenvalue weighted by molar-refractivity contribution is -0.121. The van der Waals surface area contributed by atoms with E-state index in [0.717, 1.165) is 18.4 Å². The highest BCUT2D eigenvalue weighted by Crippen LogP contribution is 2.38. The van der Waals surface area contributed by atoms with Crippen molar-refractivity contribution in [2.24, 2.45) is 5.92 Å². The number of benzene rings is 1. The molecule has 2 saturated heterocycles. The third-order valence-electron chi connectivity index (χ3n) is 5.16. The van der Waals surface area contributed by atoms with Crippen LogP contribution in [0, 0.1) is 17.6 Å². The average Bonchev–Trinajstić information content (AvgIpc) is 3.31. The predicted octanol–water partition coefficient (Wildman–Crippen LogP) is 2.60. The molecule has 4 rings (SSSR count). The number of aromatic amines is 1. The number of carbonyl (C=O) groups excluding carboxylic acids is 1. The van der Waals surface area contributed by atoms with Gasteiger partial charge in [0.15, 0.2) is 10.6 Å². The lowest BCUT2D eigenvalue weighted by atomic mass is 9.89. The molecule has 3 heterocycles. The molecule has 1 amide bonds. The number of ether oxygens (including phenoxy) is 1. The van der Waals surface area contributed by atoms with E-state index >= 15 is 0 Å². The Morgan fingerprint density at radius 1 is 1.40 bits per heavy atom. The van der Waals surface area contributed by atoms with Crippen LogP contribution in [0.2, 0.25) is 0 Å². The van der Waals surface area contributed by atoms with Gasteiger partial charge in [0.05, 0.1) is 12.2 Å². The summed E-state index contributed by atoms with van der Waals surface area (Å²) in [7, 11) is 0. The number of fused-ring (bicyclic) bond motifs is 2. The van der Waals surface area contributed by atoms with Crippen molar-refractivity contribution in [3.8, 4) is 11.4 Å². The zero-order valence-corrected chi connectivity index (χ0v) is 15.0. The number of hydrogen-bond acceptors (Lipinski definition) is 4. The first-order valence-corrected chi connectivity index (χ1v) is 9.15. The summed E-state index contributed by atoms with van der Waals surface area (Å²) < 4.78 is 8.04. The second kappa shape index (κ2) is 6.72. The molecule has 0 saturated carbocycles. The third kappa shape index (κ3) is 3.39. The molecular formula is C18H22N4O2S. The Morgan fingerprint density at radius 2 is 2.20 bits per heavy atom. The van der Waals surface area contributed by atoms with Crippen LogP contribution in [0.3, 0.4) is 0 Å². The summed E-state index contributed by atoms with van der Waals surface area (Å²) in [6.07, 6.45) is 4.08. The van der Waals surface area contributed by atoms with Crippen LogP contribution in [0.15, 0.2) is 24.3 Å². The number of amides is 1. The van der Waals surface area contributed by atoms with E-state index in [-0.39, 0.29) is 12.5 Å². The summed E-state index contributed by atoms with van der Waals surface area (Å²) in [6.45, 7) is 2.87. The molecule has 3 atom stereocenters. The van der Waals surface area contributed by atoms with Gasteiger partial charge < -0.3 is 10.1 Å². The van der Waals surface area contributed by atoms with Crippen LogP contribution in [-0.2, 0) is 16.1 Å². The van der Waals surface area contributed by atoms with E-state index in [2.05, 4.69) is 15.5 Å². The van der Waals surface area contributed by atoms with Crippen molar-refractivity contribution in [2.45, 2.75) is 44.9 Å². The molecule has 0 radical (unpaired) electrons. The Balaban J connectivity index is 1.42. The number of aryl methyl sites for hydroxylation is 1. The third-order valence-corrected chi connectivity index (χ3v) is 5.47. The van der Waals surface area contributed by atoms with Gasteiger partial charge >= 0.3 is 0 Å². The molecule has 25 heavy (non-hydrogen) atoms. The molecule has 0 spiro atoms. The molecule has 0 aliphatic carbocycles. The van der Waals surface area contributed by atoms with Crippen molar-refractivity contribution in [1.29, 1.82) is 0 Å². The van der Waals surface area contributed by atoms with Crippen LogP contribution in [0.1, 0.15) is 24.8 Å². The summed E-state index contributed by atoms with van der Waals surface area (Å²) >= 11 is 5.30. The molecule has 2 N–H and O–H groups in total. The zero-order chi connectivity index (χ0) is 17.4. The minimum absolute atomic E-state index is 0.0476. The molecule has 2 bridgehead atoms. The van der Waals surface area contributed by atoms with E-state index < -0.39 is 0 Å². The van der Waals surface area contributed by atoms with Crippen LogP contribution >= 0.6 is 12.2 Å². The monoisotopic (exact) mass is 358 g/mol. The number of nitrogens with zero attached hydrogens (tertiary/aromatic N) is 2. The number of H-pyrrole nitrogens is 1. The van der Waals surface area contributed by atoms with E-state index in [0.29, 0.717) is 35.3 Å². The molecule has 2 aromatic rings. The van der Waals surface area contributed by atoms with Crippen molar-refractivity contribution < 1.29 is 9.53 Å². The number of aromatic nitrogens is 3. The van der Waals surface area contributed by atoms with E-state index in [1.807, 2.05) is 31.2 Å². The second-order valence-electron chi connectivity index (χ2n) is 6.98. The highest BCUT2D eigenvalue weighted by molar-refractivity contribution is 7.71. The van der Waals surface area contributed by atoms with Gasteiger partial charge in [-0.25, -0.2) is 0 Å². The van der Waals surface area contributed by atoms with Crippen molar-refractivity contribution >= 4 is 18.1 Å². The van der Waals surface area contributed by atoms with Gasteiger partial charge in [-0.3, -0.25) is 14.5 Å². The first-order chi connectivity index (χ1) is 12.1. The van der Waals surface area contributed by atoms with Gasteiger partial charge in [-0.1, -0.05) is 29.8 Å². The Hall–Kier alpha value is -1.99. The maximum atomic E-state index is 12.4. The Morgan fingerprint density at radius 3 is 2.88 bits per heavy atom. The Kier molecular flexibility index (Phi) is 4.43. The fourth-order valence-corrected chi connectivity index (χ4v) is 3.99. The summed E-state index contributed by atoms with van der Waals surface area (Å²) in [5.41, 5.74) is 2.11. The predicted molar refractivity (Wildman–Crippen MR) is 96.6 cm³/mol. The summed E-state index contributed by atoms with van der Waals surface area (Å²) in [5, 5.41) is 10.1. The van der Waals surface area contributed by atoms with Gasteiger partial charge in [-0.05, 0) is 38.4 Å².